The van der Waals surface area contributed by atoms with Crippen LogP contribution in [0.5, 0.6) is 0 Å². The Balaban J connectivity index is 1.62. The van der Waals surface area contributed by atoms with Gasteiger partial charge in [-0.15, -0.1) is 0 Å². The molecule has 2 heterocycles. The second-order valence-electron chi connectivity index (χ2n) is 8.41. The van der Waals surface area contributed by atoms with Crippen molar-refractivity contribution in [1.29, 1.82) is 0 Å². The number of hydrogen-bond donors (Lipinski definition) is 3. The smallest absolute Gasteiger partial charge is 0.245 e. The van der Waals surface area contributed by atoms with Gasteiger partial charge in [-0.2, -0.15) is 13.3 Å². The van der Waals surface area contributed by atoms with Gasteiger partial charge < -0.3 is 16.4 Å². The normalized spacial score (nSPS) is 19.2. The fourth-order valence-corrected chi connectivity index (χ4v) is 7.34. The van der Waals surface area contributed by atoms with E-state index in [1.54, 1.807) is 22.8 Å². The molecule has 0 amide bonds. The quantitative estimate of drug-likeness (QED) is 0.388. The molecule has 0 unspecified atom stereocenters. The van der Waals surface area contributed by atoms with Crippen molar-refractivity contribution >= 4 is 64.6 Å². The molecule has 2 aromatic heterocycles. The maximum Gasteiger partial charge on any atom is 0.245 e. The number of nitrogens with two attached hydrogens (primary N) is 1. The van der Waals surface area contributed by atoms with Gasteiger partial charge in [-0.25, -0.2) is 21.8 Å². The zero-order valence-corrected chi connectivity index (χ0v) is 21.9. The monoisotopic (exact) mass is 571 g/mol. The minimum Gasteiger partial charge on any atom is -0.367 e. The lowest BCUT2D eigenvalue weighted by molar-refractivity contribution is 0.410. The van der Waals surface area contributed by atoms with Crippen molar-refractivity contribution in [1.82, 2.24) is 14.6 Å². The average molecular weight is 573 g/mol. The predicted octanol–water partition coefficient (Wildman–Crippen LogP) is 2.64. The molecule has 0 saturated heterocycles. The van der Waals surface area contributed by atoms with E-state index in [2.05, 4.69) is 36.6 Å². The molecule has 0 spiro atoms. The van der Waals surface area contributed by atoms with Gasteiger partial charge in [0, 0.05) is 23.8 Å². The van der Waals surface area contributed by atoms with E-state index in [4.69, 9.17) is 5.73 Å². The van der Waals surface area contributed by atoms with E-state index < -0.39 is 20.0 Å². The number of nitrogens with zero attached hydrogens (tertiary/aromatic N) is 4. The Morgan fingerprint density at radius 3 is 2.26 bits per heavy atom. The number of fused-ring (bicyclic) bond motifs is 1. The van der Waals surface area contributed by atoms with Crippen LogP contribution in [-0.2, 0) is 20.0 Å². The van der Waals surface area contributed by atoms with E-state index in [1.165, 1.54) is 12.1 Å². The summed E-state index contributed by atoms with van der Waals surface area (Å²) >= 11 is 3.48. The minimum absolute atomic E-state index is 0.0233. The van der Waals surface area contributed by atoms with Gasteiger partial charge in [-0.3, -0.25) is 0 Å². The summed E-state index contributed by atoms with van der Waals surface area (Å²) in [6, 6.07) is 8.41. The van der Waals surface area contributed by atoms with E-state index in [0.717, 1.165) is 42.7 Å². The molecule has 4 N–H and O–H groups in total. The van der Waals surface area contributed by atoms with E-state index in [1.807, 2.05) is 6.07 Å². The highest BCUT2D eigenvalue weighted by Gasteiger charge is 2.27. The molecule has 0 atom stereocenters. The van der Waals surface area contributed by atoms with Crippen molar-refractivity contribution < 1.29 is 16.8 Å². The van der Waals surface area contributed by atoms with Crippen LogP contribution in [0.2, 0.25) is 0 Å². The van der Waals surface area contributed by atoms with Crippen molar-refractivity contribution in [2.75, 3.05) is 26.9 Å². The van der Waals surface area contributed by atoms with E-state index in [-0.39, 0.29) is 17.8 Å². The molecule has 1 saturated carbocycles. The van der Waals surface area contributed by atoms with Crippen LogP contribution < -0.4 is 20.1 Å². The Hall–Kier alpha value is -2.42. The number of hydrogen-bond acceptors (Lipinski definition) is 9. The second-order valence-corrected chi connectivity index (χ2v) is 13.2. The summed E-state index contributed by atoms with van der Waals surface area (Å²) in [6.07, 6.45) is 7.20. The molecule has 0 aliphatic heterocycles. The van der Waals surface area contributed by atoms with Gasteiger partial charge in [-0.05, 0) is 65.9 Å². The number of benzene rings is 1. The van der Waals surface area contributed by atoms with Crippen LogP contribution in [0.3, 0.4) is 0 Å². The average Bonchev–Trinajstić information content (AvgIpc) is 3.10. The van der Waals surface area contributed by atoms with Gasteiger partial charge in [0.05, 0.1) is 28.9 Å². The fraction of sp³-hybridized carbons (Fsp3) is 0.400. The van der Waals surface area contributed by atoms with Crippen molar-refractivity contribution in [2.45, 2.75) is 37.8 Å². The van der Waals surface area contributed by atoms with Crippen LogP contribution in [0.15, 0.2) is 41.0 Å². The molecule has 0 radical (unpaired) electrons. The van der Waals surface area contributed by atoms with Crippen LogP contribution in [0.25, 0.3) is 5.65 Å². The third-order valence-corrected chi connectivity index (χ3v) is 9.32. The standard InChI is InChI=1S/C20H26BrN7O4S2/c1-33(29,30)28(34(2,31)32)16-9-7-15(8-10-16)25-19-11-18(24-14-5-3-13(22)4-6-14)26-20-17(21)12-23-27(19)20/h7-14,25H,3-6,22H2,1-2H3,(H,24,26). The summed E-state index contributed by atoms with van der Waals surface area (Å²) in [7, 11) is -8.03. The molecule has 1 aliphatic rings. The molecule has 1 aliphatic carbocycles. The zero-order valence-electron chi connectivity index (χ0n) is 18.6. The lowest BCUT2D eigenvalue weighted by Crippen LogP contribution is -2.35. The molecule has 4 rings (SSSR count). The maximum atomic E-state index is 12.0. The maximum absolute atomic E-state index is 12.0. The molecule has 3 aromatic rings. The summed E-state index contributed by atoms with van der Waals surface area (Å²) in [4.78, 5) is 4.67. The van der Waals surface area contributed by atoms with Crippen LogP contribution in [0, 0.1) is 0 Å². The number of nitrogens with one attached hydrogen (secondary N) is 2. The Morgan fingerprint density at radius 2 is 1.68 bits per heavy atom. The van der Waals surface area contributed by atoms with Gasteiger partial charge in [0.1, 0.15) is 11.6 Å². The summed E-state index contributed by atoms with van der Waals surface area (Å²) in [5.41, 5.74) is 7.27. The number of rotatable bonds is 7. The highest BCUT2D eigenvalue weighted by molar-refractivity contribution is 9.10. The van der Waals surface area contributed by atoms with Gasteiger partial charge in [0.25, 0.3) is 0 Å². The highest BCUT2D eigenvalue weighted by atomic mass is 79.9. The molecule has 11 nitrogen and oxygen atoms in total. The van der Waals surface area contributed by atoms with E-state index in [0.29, 0.717) is 26.7 Å². The Morgan fingerprint density at radius 1 is 1.06 bits per heavy atom. The fourth-order valence-electron chi connectivity index (χ4n) is 4.01. The molecule has 184 valence electrons. The van der Waals surface area contributed by atoms with Gasteiger partial charge in [-0.1, -0.05) is 0 Å². The minimum atomic E-state index is -4.02. The Bertz CT molecular complexity index is 1370. The van der Waals surface area contributed by atoms with Crippen LogP contribution in [0.4, 0.5) is 23.0 Å². The summed E-state index contributed by atoms with van der Waals surface area (Å²) in [5, 5.41) is 11.1. The third kappa shape index (κ3) is 5.45. The summed E-state index contributed by atoms with van der Waals surface area (Å²) in [6.45, 7) is 0. The first-order chi connectivity index (χ1) is 15.9. The molecule has 1 fully saturated rings. The van der Waals surface area contributed by atoms with Crippen molar-refractivity contribution in [2.24, 2.45) is 5.73 Å². The second kappa shape index (κ2) is 9.32. The highest BCUT2D eigenvalue weighted by Crippen LogP contribution is 2.29. The van der Waals surface area contributed by atoms with Crippen LogP contribution in [0.1, 0.15) is 25.7 Å². The molecule has 0 bridgehead atoms. The third-order valence-electron chi connectivity index (χ3n) is 5.51. The number of aromatic nitrogens is 3. The molecule has 1 aromatic carbocycles. The summed E-state index contributed by atoms with van der Waals surface area (Å²) < 4.78 is 50.8. The van der Waals surface area contributed by atoms with Crippen molar-refractivity contribution in [3.05, 3.63) is 41.0 Å². The van der Waals surface area contributed by atoms with Crippen molar-refractivity contribution in [3.8, 4) is 0 Å². The van der Waals surface area contributed by atoms with E-state index >= 15 is 0 Å². The lowest BCUT2D eigenvalue weighted by Gasteiger charge is -2.27. The largest absolute Gasteiger partial charge is 0.367 e. The molecular weight excluding hydrogens is 546 g/mol. The van der Waals surface area contributed by atoms with E-state index in [9.17, 15) is 16.8 Å². The zero-order chi connectivity index (χ0) is 24.7. The van der Waals surface area contributed by atoms with Crippen LogP contribution in [-0.4, -0.2) is 56.0 Å². The first kappa shape index (κ1) is 24.7. The topological polar surface area (TPSA) is 152 Å². The summed E-state index contributed by atoms with van der Waals surface area (Å²) in [5.74, 6) is 1.31. The predicted molar refractivity (Wildman–Crippen MR) is 136 cm³/mol. The molecule has 14 heteroatoms. The van der Waals surface area contributed by atoms with Crippen molar-refractivity contribution in [3.63, 3.8) is 0 Å². The first-order valence-corrected chi connectivity index (χ1v) is 15.0. The van der Waals surface area contributed by atoms with Gasteiger partial charge >= 0.3 is 0 Å². The molecule has 34 heavy (non-hydrogen) atoms. The first-order valence-electron chi connectivity index (χ1n) is 10.6. The Labute approximate surface area is 207 Å². The Kier molecular flexibility index (Phi) is 6.77. The van der Waals surface area contributed by atoms with Gasteiger partial charge in [0.15, 0.2) is 5.65 Å². The lowest BCUT2D eigenvalue weighted by atomic mass is 9.92. The SMILES string of the molecule is CS(=O)(=O)N(c1ccc(Nc2cc(NC3CCC(N)CC3)nc3c(Br)cnn23)cc1)S(C)(=O)=O. The van der Waals surface area contributed by atoms with Crippen LogP contribution >= 0.6 is 15.9 Å². The molecular formula is C20H26BrN7O4S2. The number of sulfonamides is 2. The van der Waals surface area contributed by atoms with Gasteiger partial charge in [0.2, 0.25) is 20.0 Å². The number of anilines is 4. The number of halogens is 1.